The summed E-state index contributed by atoms with van der Waals surface area (Å²) >= 11 is 0. The van der Waals surface area contributed by atoms with Crippen LogP contribution in [-0.2, 0) is 0 Å². The first-order valence-electron chi connectivity index (χ1n) is 1.64. The van der Waals surface area contributed by atoms with Crippen LogP contribution in [0.5, 0.6) is 0 Å². The molecular formula is C3H2F3N. The average molecular weight is 109 g/mol. The lowest BCUT2D eigenvalue weighted by molar-refractivity contribution is -0.0889. The molecule has 0 amide bonds. The molecule has 0 aromatic rings. The van der Waals surface area contributed by atoms with E-state index in [1.165, 1.54) is 0 Å². The topological polar surface area (TPSA) is 21.9 Å². The van der Waals surface area contributed by atoms with Crippen molar-refractivity contribution in [2.24, 2.45) is 0 Å². The zero-order valence-corrected chi connectivity index (χ0v) is 3.21. The molecule has 1 nitrogen and oxygen atoms in total. The van der Waals surface area contributed by atoms with E-state index in [-0.39, 0.29) is 0 Å². The highest BCUT2D eigenvalue weighted by atomic mass is 19.4. The predicted molar refractivity (Wildman–Crippen MR) is 17.3 cm³/mol. The van der Waals surface area contributed by atoms with Crippen LogP contribution in [0.25, 0.3) is 0 Å². The summed E-state index contributed by atoms with van der Waals surface area (Å²) in [5, 5.41) is 1.94. The monoisotopic (exact) mass is 109 g/mol. The van der Waals surface area contributed by atoms with E-state index in [0.29, 0.717) is 0 Å². The normalized spacial score (nSPS) is 17.9. The van der Waals surface area contributed by atoms with E-state index in [2.05, 4.69) is 0 Å². The standard InChI is InChI=1S/C3H2F3N/c4-3(5,6)2-1-7-2/h1,7H. The van der Waals surface area contributed by atoms with Crippen molar-refractivity contribution in [2.45, 2.75) is 6.18 Å². The van der Waals surface area contributed by atoms with E-state index in [0.717, 1.165) is 6.20 Å². The Morgan fingerprint density at radius 1 is 1.43 bits per heavy atom. The lowest BCUT2D eigenvalue weighted by atomic mass is 10.6. The van der Waals surface area contributed by atoms with Crippen molar-refractivity contribution in [3.05, 3.63) is 11.9 Å². The predicted octanol–water partition coefficient (Wildman–Crippen LogP) is 0.993. The summed E-state index contributed by atoms with van der Waals surface area (Å²) in [7, 11) is 0. The van der Waals surface area contributed by atoms with E-state index in [4.69, 9.17) is 0 Å². The highest BCUT2D eigenvalue weighted by Crippen LogP contribution is 2.27. The summed E-state index contributed by atoms with van der Waals surface area (Å²) in [5.41, 5.74) is -0.632. The first-order chi connectivity index (χ1) is 3.11. The fourth-order valence-electron chi connectivity index (χ4n) is 0.200. The SMILES string of the molecule is FC(F)(F)C1=CN1. The summed E-state index contributed by atoms with van der Waals surface area (Å²) in [4.78, 5) is 0. The fourth-order valence-corrected chi connectivity index (χ4v) is 0.200. The lowest BCUT2D eigenvalue weighted by Gasteiger charge is -1.94. The zero-order chi connectivity index (χ0) is 5.49. The van der Waals surface area contributed by atoms with Gasteiger partial charge in [0.15, 0.2) is 0 Å². The molecule has 0 bridgehead atoms. The van der Waals surface area contributed by atoms with Gasteiger partial charge in [0.05, 0.1) is 0 Å². The van der Waals surface area contributed by atoms with Crippen molar-refractivity contribution in [3.63, 3.8) is 0 Å². The van der Waals surface area contributed by atoms with Crippen LogP contribution in [0, 0.1) is 0 Å². The Morgan fingerprint density at radius 2 is 1.86 bits per heavy atom. The minimum Gasteiger partial charge on any atom is -0.355 e. The third kappa shape index (κ3) is 0.852. The van der Waals surface area contributed by atoms with Crippen LogP contribution < -0.4 is 5.32 Å². The largest absolute Gasteiger partial charge is 0.432 e. The summed E-state index contributed by atoms with van der Waals surface area (Å²) in [6.45, 7) is 0. The molecular weight excluding hydrogens is 107 g/mol. The molecule has 0 radical (unpaired) electrons. The minimum absolute atomic E-state index is 0.632. The van der Waals surface area contributed by atoms with Gasteiger partial charge < -0.3 is 5.32 Å². The molecule has 7 heavy (non-hydrogen) atoms. The number of hydrogen-bond donors (Lipinski definition) is 1. The van der Waals surface area contributed by atoms with Gasteiger partial charge >= 0.3 is 6.18 Å². The zero-order valence-electron chi connectivity index (χ0n) is 3.21. The van der Waals surface area contributed by atoms with Crippen molar-refractivity contribution in [1.29, 1.82) is 0 Å². The quantitative estimate of drug-likeness (QED) is 0.492. The molecule has 1 N–H and O–H groups in total. The number of nitrogens with one attached hydrogen (secondary N) is 1. The number of allylic oxidation sites excluding steroid dienone is 1. The van der Waals surface area contributed by atoms with Crippen LogP contribution in [0.3, 0.4) is 0 Å². The molecule has 1 aliphatic rings. The first kappa shape index (κ1) is 4.49. The van der Waals surface area contributed by atoms with Crippen LogP contribution in [0.4, 0.5) is 13.2 Å². The molecule has 0 aliphatic carbocycles. The van der Waals surface area contributed by atoms with Gasteiger partial charge in [-0.1, -0.05) is 0 Å². The molecule has 0 spiro atoms. The maximum absolute atomic E-state index is 11.1. The Hall–Kier alpha value is -0.670. The molecule has 0 atom stereocenters. The van der Waals surface area contributed by atoms with Crippen LogP contribution in [-0.4, -0.2) is 6.18 Å². The molecule has 1 rings (SSSR count). The van der Waals surface area contributed by atoms with Crippen molar-refractivity contribution < 1.29 is 13.2 Å². The second-order valence-corrected chi connectivity index (χ2v) is 1.20. The van der Waals surface area contributed by atoms with Gasteiger partial charge in [0.25, 0.3) is 0 Å². The molecule has 1 aliphatic heterocycles. The molecule has 40 valence electrons. The van der Waals surface area contributed by atoms with Gasteiger partial charge in [0.1, 0.15) is 5.70 Å². The molecule has 0 aromatic heterocycles. The van der Waals surface area contributed by atoms with Crippen LogP contribution in [0.2, 0.25) is 0 Å². The van der Waals surface area contributed by atoms with E-state index in [1.54, 1.807) is 0 Å². The third-order valence-electron chi connectivity index (χ3n) is 0.594. The average Bonchev–Trinajstić information content (AvgIpc) is 1.99. The van der Waals surface area contributed by atoms with Crippen molar-refractivity contribution in [2.75, 3.05) is 0 Å². The van der Waals surface area contributed by atoms with E-state index < -0.39 is 11.9 Å². The van der Waals surface area contributed by atoms with Gasteiger partial charge in [0.2, 0.25) is 0 Å². The second-order valence-electron chi connectivity index (χ2n) is 1.20. The molecule has 0 aromatic carbocycles. The summed E-state index contributed by atoms with van der Waals surface area (Å²) in [6.07, 6.45) is -3.22. The van der Waals surface area contributed by atoms with Gasteiger partial charge in [-0.05, 0) is 0 Å². The smallest absolute Gasteiger partial charge is 0.355 e. The van der Waals surface area contributed by atoms with E-state index in [9.17, 15) is 13.2 Å². The van der Waals surface area contributed by atoms with Crippen LogP contribution in [0.15, 0.2) is 11.9 Å². The van der Waals surface area contributed by atoms with Gasteiger partial charge in [0, 0.05) is 6.20 Å². The molecule has 1 heterocycles. The highest BCUT2D eigenvalue weighted by Gasteiger charge is 2.38. The first-order valence-corrected chi connectivity index (χ1v) is 1.64. The van der Waals surface area contributed by atoms with Gasteiger partial charge in [-0.2, -0.15) is 13.2 Å². The highest BCUT2D eigenvalue weighted by molar-refractivity contribution is 5.21. The van der Waals surface area contributed by atoms with Gasteiger partial charge in [-0.25, -0.2) is 0 Å². The van der Waals surface area contributed by atoms with Crippen molar-refractivity contribution in [3.8, 4) is 0 Å². The Bertz CT molecular complexity index is 112. The Morgan fingerprint density at radius 3 is 1.86 bits per heavy atom. The third-order valence-corrected chi connectivity index (χ3v) is 0.594. The number of hydrogen-bond acceptors (Lipinski definition) is 1. The molecule has 0 unspecified atom stereocenters. The molecule has 0 saturated heterocycles. The van der Waals surface area contributed by atoms with Gasteiger partial charge in [-0.15, -0.1) is 0 Å². The lowest BCUT2D eigenvalue weighted by Crippen LogP contribution is -2.07. The van der Waals surface area contributed by atoms with Gasteiger partial charge in [-0.3, -0.25) is 0 Å². The van der Waals surface area contributed by atoms with Crippen molar-refractivity contribution in [1.82, 2.24) is 5.32 Å². The minimum atomic E-state index is -4.14. The summed E-state index contributed by atoms with van der Waals surface area (Å²) in [6, 6.07) is 0. The van der Waals surface area contributed by atoms with Crippen LogP contribution in [0.1, 0.15) is 0 Å². The second kappa shape index (κ2) is 0.936. The number of alkyl halides is 3. The Balaban J connectivity index is 2.53. The molecule has 0 fully saturated rings. The fraction of sp³-hybridized carbons (Fsp3) is 0.333. The van der Waals surface area contributed by atoms with Crippen molar-refractivity contribution >= 4 is 0 Å². The number of rotatable bonds is 0. The Labute approximate surface area is 37.8 Å². The maximum atomic E-state index is 11.1. The van der Waals surface area contributed by atoms with E-state index >= 15 is 0 Å². The van der Waals surface area contributed by atoms with Crippen LogP contribution >= 0.6 is 0 Å². The molecule has 4 heteroatoms. The summed E-state index contributed by atoms with van der Waals surface area (Å²) < 4.78 is 33.3. The Kier molecular flexibility index (Phi) is 0.600. The number of halogens is 3. The van der Waals surface area contributed by atoms with E-state index in [1.807, 2.05) is 5.32 Å². The summed E-state index contributed by atoms with van der Waals surface area (Å²) in [5.74, 6) is 0. The molecule has 0 saturated carbocycles. The maximum Gasteiger partial charge on any atom is 0.432 e.